The Morgan fingerprint density at radius 2 is 1.95 bits per heavy atom. The predicted octanol–water partition coefficient (Wildman–Crippen LogP) is -0.922. The van der Waals surface area contributed by atoms with E-state index in [1.807, 2.05) is 0 Å². The van der Waals surface area contributed by atoms with E-state index in [4.69, 9.17) is 5.73 Å². The van der Waals surface area contributed by atoms with Crippen LogP contribution in [0.2, 0.25) is 0 Å². The summed E-state index contributed by atoms with van der Waals surface area (Å²) in [5.41, 5.74) is 5.21. The first-order chi connectivity index (χ1) is 9.49. The predicted molar refractivity (Wildman–Crippen MR) is 72.9 cm³/mol. The Balaban J connectivity index is 2.35. The summed E-state index contributed by atoms with van der Waals surface area (Å²) in [5, 5.41) is 7.62. The second-order valence-corrected chi connectivity index (χ2v) is 4.34. The van der Waals surface area contributed by atoms with Crippen LogP contribution in [0.25, 0.3) is 10.8 Å². The number of amides is 2. The lowest BCUT2D eigenvalue weighted by Gasteiger charge is -2.08. The number of carbonyl (C=O) groups is 2. The molecule has 0 aliphatic rings. The number of benzene rings is 1. The van der Waals surface area contributed by atoms with Gasteiger partial charge in [-0.25, -0.2) is 4.68 Å². The van der Waals surface area contributed by atoms with Crippen molar-refractivity contribution >= 4 is 22.6 Å². The third kappa shape index (κ3) is 2.82. The zero-order valence-corrected chi connectivity index (χ0v) is 10.9. The fraction of sp³-hybridized carbons (Fsp3) is 0.231. The number of hydrogen-bond acceptors (Lipinski definition) is 4. The molecule has 0 saturated carbocycles. The van der Waals surface area contributed by atoms with E-state index in [2.05, 4.69) is 10.4 Å². The van der Waals surface area contributed by atoms with Gasteiger partial charge < -0.3 is 11.1 Å². The number of aromatic nitrogens is 2. The maximum atomic E-state index is 11.9. The van der Waals surface area contributed by atoms with Crippen LogP contribution in [0.5, 0.6) is 0 Å². The summed E-state index contributed by atoms with van der Waals surface area (Å²) in [6.07, 6.45) is -0.0259. The summed E-state index contributed by atoms with van der Waals surface area (Å²) in [5.74, 6) is -0.989. The maximum absolute atomic E-state index is 11.9. The fourth-order valence-corrected chi connectivity index (χ4v) is 1.91. The molecule has 0 atom stereocenters. The number of aryl methyl sites for hydroxylation is 1. The number of nitrogens with two attached hydrogens (primary N) is 1. The molecule has 20 heavy (non-hydrogen) atoms. The highest BCUT2D eigenvalue weighted by Crippen LogP contribution is 2.13. The second-order valence-electron chi connectivity index (χ2n) is 4.34. The van der Waals surface area contributed by atoms with Crippen LogP contribution in [-0.4, -0.2) is 28.1 Å². The van der Waals surface area contributed by atoms with Crippen molar-refractivity contribution in [3.05, 3.63) is 40.3 Å². The normalized spacial score (nSPS) is 10.4. The van der Waals surface area contributed by atoms with E-state index >= 15 is 0 Å². The lowest BCUT2D eigenvalue weighted by molar-refractivity contribution is -0.124. The van der Waals surface area contributed by atoms with E-state index in [1.165, 1.54) is 11.7 Å². The smallest absolute Gasteiger partial charge is 0.274 e. The SMILES string of the molecule is Cn1nc(CC(=O)NCC(N)=O)c2ccccc2c1=O. The first-order valence-corrected chi connectivity index (χ1v) is 5.99. The topological polar surface area (TPSA) is 107 Å². The van der Waals surface area contributed by atoms with Crippen molar-refractivity contribution in [3.63, 3.8) is 0 Å². The minimum Gasteiger partial charge on any atom is -0.368 e. The van der Waals surface area contributed by atoms with Gasteiger partial charge in [-0.05, 0) is 6.07 Å². The third-order valence-electron chi connectivity index (χ3n) is 2.82. The molecule has 2 aromatic rings. The highest BCUT2D eigenvalue weighted by molar-refractivity contribution is 5.89. The highest BCUT2D eigenvalue weighted by Gasteiger charge is 2.12. The minimum atomic E-state index is -0.614. The van der Waals surface area contributed by atoms with E-state index in [0.717, 1.165) is 0 Å². The van der Waals surface area contributed by atoms with Crippen molar-refractivity contribution < 1.29 is 9.59 Å². The molecule has 0 aliphatic carbocycles. The van der Waals surface area contributed by atoms with Gasteiger partial charge in [-0.2, -0.15) is 5.10 Å². The van der Waals surface area contributed by atoms with Gasteiger partial charge in [0.05, 0.1) is 24.0 Å². The number of carbonyl (C=O) groups excluding carboxylic acids is 2. The molecule has 0 spiro atoms. The molecule has 0 saturated heterocycles. The van der Waals surface area contributed by atoms with Crippen molar-refractivity contribution in [3.8, 4) is 0 Å². The van der Waals surface area contributed by atoms with Crippen LogP contribution >= 0.6 is 0 Å². The zero-order valence-electron chi connectivity index (χ0n) is 10.9. The standard InChI is InChI=1S/C13H14N4O3/c1-17-13(20)9-5-3-2-4-8(9)10(16-17)6-12(19)15-7-11(14)18/h2-5H,6-7H2,1H3,(H2,14,18)(H,15,19). The van der Waals surface area contributed by atoms with Gasteiger partial charge in [0.2, 0.25) is 11.8 Å². The minimum absolute atomic E-state index is 0.0259. The lowest BCUT2D eigenvalue weighted by atomic mass is 10.1. The van der Waals surface area contributed by atoms with Crippen LogP contribution in [0.15, 0.2) is 29.1 Å². The third-order valence-corrected chi connectivity index (χ3v) is 2.82. The van der Waals surface area contributed by atoms with Crippen LogP contribution in [-0.2, 0) is 23.1 Å². The summed E-state index contributed by atoms with van der Waals surface area (Å²) in [7, 11) is 1.53. The van der Waals surface area contributed by atoms with Gasteiger partial charge in [0.25, 0.3) is 5.56 Å². The van der Waals surface area contributed by atoms with Crippen molar-refractivity contribution in [2.45, 2.75) is 6.42 Å². The van der Waals surface area contributed by atoms with Gasteiger partial charge in [0, 0.05) is 12.4 Å². The van der Waals surface area contributed by atoms with Gasteiger partial charge in [-0.15, -0.1) is 0 Å². The van der Waals surface area contributed by atoms with Crippen molar-refractivity contribution in [1.29, 1.82) is 0 Å². The molecular formula is C13H14N4O3. The molecule has 1 heterocycles. The number of rotatable bonds is 4. The monoisotopic (exact) mass is 274 g/mol. The molecule has 0 bridgehead atoms. The summed E-state index contributed by atoms with van der Waals surface area (Å²) >= 11 is 0. The second kappa shape index (κ2) is 5.52. The molecule has 0 aliphatic heterocycles. The lowest BCUT2D eigenvalue weighted by Crippen LogP contribution is -2.34. The number of nitrogens with one attached hydrogen (secondary N) is 1. The molecule has 7 heteroatoms. The Kier molecular flexibility index (Phi) is 3.79. The molecule has 7 nitrogen and oxygen atoms in total. The highest BCUT2D eigenvalue weighted by atomic mass is 16.2. The van der Waals surface area contributed by atoms with E-state index in [0.29, 0.717) is 16.5 Å². The van der Waals surface area contributed by atoms with Crippen molar-refractivity contribution in [2.75, 3.05) is 6.54 Å². The summed E-state index contributed by atoms with van der Waals surface area (Å²) in [6.45, 7) is -0.220. The van der Waals surface area contributed by atoms with Crippen LogP contribution in [0, 0.1) is 0 Å². The van der Waals surface area contributed by atoms with E-state index < -0.39 is 5.91 Å². The van der Waals surface area contributed by atoms with Gasteiger partial charge in [0.15, 0.2) is 0 Å². The summed E-state index contributed by atoms with van der Waals surface area (Å²) in [4.78, 5) is 34.2. The van der Waals surface area contributed by atoms with Crippen LogP contribution in [0.1, 0.15) is 5.69 Å². The van der Waals surface area contributed by atoms with E-state index in [9.17, 15) is 14.4 Å². The van der Waals surface area contributed by atoms with Gasteiger partial charge >= 0.3 is 0 Å². The van der Waals surface area contributed by atoms with Gasteiger partial charge in [0.1, 0.15) is 0 Å². The molecule has 1 aromatic carbocycles. The average Bonchev–Trinajstić information content (AvgIpc) is 2.42. The number of nitrogens with zero attached hydrogens (tertiary/aromatic N) is 2. The molecule has 0 radical (unpaired) electrons. The average molecular weight is 274 g/mol. The Hall–Kier alpha value is -2.70. The largest absolute Gasteiger partial charge is 0.368 e. The number of fused-ring (bicyclic) bond motifs is 1. The van der Waals surface area contributed by atoms with E-state index in [-0.39, 0.29) is 24.4 Å². The number of primary amides is 1. The van der Waals surface area contributed by atoms with E-state index in [1.54, 1.807) is 24.3 Å². The molecule has 2 rings (SSSR count). The Bertz CT molecular complexity index is 736. The molecule has 1 aromatic heterocycles. The Labute approximate surface area is 114 Å². The van der Waals surface area contributed by atoms with Gasteiger partial charge in [-0.3, -0.25) is 14.4 Å². The zero-order chi connectivity index (χ0) is 14.7. The van der Waals surface area contributed by atoms with Crippen LogP contribution in [0.4, 0.5) is 0 Å². The first-order valence-electron chi connectivity index (χ1n) is 5.99. The Morgan fingerprint density at radius 3 is 2.60 bits per heavy atom. The number of hydrogen-bond donors (Lipinski definition) is 2. The van der Waals surface area contributed by atoms with Crippen LogP contribution < -0.4 is 16.6 Å². The molecule has 3 N–H and O–H groups in total. The first kappa shape index (κ1) is 13.7. The van der Waals surface area contributed by atoms with Crippen molar-refractivity contribution in [2.24, 2.45) is 12.8 Å². The quantitative estimate of drug-likeness (QED) is 0.751. The molecular weight excluding hydrogens is 260 g/mol. The van der Waals surface area contributed by atoms with Gasteiger partial charge in [-0.1, -0.05) is 18.2 Å². The Morgan fingerprint density at radius 1 is 1.30 bits per heavy atom. The molecule has 2 amide bonds. The summed E-state index contributed by atoms with van der Waals surface area (Å²) < 4.78 is 1.19. The molecule has 0 fully saturated rings. The molecule has 104 valence electrons. The molecule has 0 unspecified atom stereocenters. The maximum Gasteiger partial charge on any atom is 0.274 e. The summed E-state index contributed by atoms with van der Waals surface area (Å²) in [6, 6.07) is 6.94. The van der Waals surface area contributed by atoms with Crippen LogP contribution in [0.3, 0.4) is 0 Å². The van der Waals surface area contributed by atoms with Crippen molar-refractivity contribution in [1.82, 2.24) is 15.1 Å². The fourth-order valence-electron chi connectivity index (χ4n) is 1.91.